The molecule has 256 valence electrons. The van der Waals surface area contributed by atoms with Crippen molar-refractivity contribution < 1.29 is 44.0 Å². The number of nitrogens with two attached hydrogens (primary N) is 1. The maximum Gasteiger partial charge on any atom is 0.337 e. The lowest BCUT2D eigenvalue weighted by Crippen LogP contribution is -2.56. The number of hydrogen-bond donors (Lipinski definition) is 5. The predicted octanol–water partition coefficient (Wildman–Crippen LogP) is 4.56. The first-order valence-corrected chi connectivity index (χ1v) is 16.3. The number of rotatable bonds is 26. The van der Waals surface area contributed by atoms with Crippen LogP contribution in [0.4, 0.5) is 0 Å². The Morgan fingerprint density at radius 2 is 1.46 bits per heavy atom. The number of carbonyl (C=O) groups is 5. The van der Waals surface area contributed by atoms with Gasteiger partial charge in [0.2, 0.25) is 11.8 Å². The zero-order valence-corrected chi connectivity index (χ0v) is 27.4. The van der Waals surface area contributed by atoms with Crippen molar-refractivity contribution in [3.63, 3.8) is 0 Å². The third-order valence-electron chi connectivity index (χ3n) is 7.93. The summed E-state index contributed by atoms with van der Waals surface area (Å²) in [5, 5.41) is 33.0. The van der Waals surface area contributed by atoms with Gasteiger partial charge in [0.05, 0.1) is 12.3 Å². The van der Waals surface area contributed by atoms with Gasteiger partial charge in [-0.2, -0.15) is 0 Å². The Bertz CT molecular complexity index is 1170. The van der Waals surface area contributed by atoms with Gasteiger partial charge in [-0.05, 0) is 43.9 Å². The lowest BCUT2D eigenvalue weighted by atomic mass is 9.79. The molecule has 3 atom stereocenters. The van der Waals surface area contributed by atoms with E-state index in [2.05, 4.69) is 24.1 Å². The number of amides is 2. The van der Waals surface area contributed by atoms with E-state index in [1.807, 2.05) is 0 Å². The minimum Gasteiger partial charge on any atom is -0.481 e. The van der Waals surface area contributed by atoms with Gasteiger partial charge in [0, 0.05) is 19.3 Å². The number of unbranched alkanes of at least 4 members (excludes halogenated alkanes) is 9. The van der Waals surface area contributed by atoms with Gasteiger partial charge >= 0.3 is 11.9 Å². The number of aliphatic carboxylic acids is 2. The second kappa shape index (κ2) is 22.6. The summed E-state index contributed by atoms with van der Waals surface area (Å²) in [7, 11) is 0. The zero-order chi connectivity index (χ0) is 34.4. The molecule has 2 amide bonds. The van der Waals surface area contributed by atoms with E-state index in [-0.39, 0.29) is 25.2 Å². The number of carboxylic acids is 2. The second-order valence-electron chi connectivity index (χ2n) is 11.8. The smallest absolute Gasteiger partial charge is 0.337 e. The summed E-state index contributed by atoms with van der Waals surface area (Å²) >= 11 is 0. The van der Waals surface area contributed by atoms with E-state index in [1.54, 1.807) is 31.2 Å². The van der Waals surface area contributed by atoms with Gasteiger partial charge in [0.1, 0.15) is 24.2 Å². The molecule has 0 spiro atoms. The molecule has 46 heavy (non-hydrogen) atoms. The van der Waals surface area contributed by atoms with Crippen LogP contribution in [0.1, 0.15) is 116 Å². The van der Waals surface area contributed by atoms with Crippen molar-refractivity contribution in [2.45, 2.75) is 128 Å². The highest BCUT2D eigenvalue weighted by Crippen LogP contribution is 2.29. The Balaban J connectivity index is 2.75. The van der Waals surface area contributed by atoms with E-state index in [9.17, 15) is 39.3 Å². The lowest BCUT2D eigenvalue weighted by molar-refractivity contribution is -0.172. The molecule has 11 heteroatoms. The monoisotopic (exact) mass is 644 g/mol. The standard InChI is InChI=1S/C35H52N2O9/c1-3-5-7-10-13-16-27(38)17-14-11-8-9-12-15-18-29(35(45,34(43)44)25-31(36)39)32(40)37-30(33(41)42)24-26-19-21-28(22-20-26)46-23-6-4-2/h19-22,29-30,45H,3,5,7-18,23-25H2,1-2H3,(H2,36,39)(H,37,40)(H,41,42)(H,43,44)/t29-,30+,35+/m1/s1. The highest BCUT2D eigenvalue weighted by atomic mass is 16.5. The molecule has 1 aromatic rings. The number of carbonyl (C=O) groups excluding carboxylic acids is 3. The quantitative estimate of drug-likeness (QED) is 0.0710. The molecule has 11 nitrogen and oxygen atoms in total. The first-order valence-electron chi connectivity index (χ1n) is 16.3. The first-order chi connectivity index (χ1) is 21.9. The number of hydrogen-bond acceptors (Lipinski definition) is 7. The van der Waals surface area contributed by atoms with E-state index in [4.69, 9.17) is 10.5 Å². The minimum absolute atomic E-state index is 0.0997. The summed E-state index contributed by atoms with van der Waals surface area (Å²) in [6, 6.07) is 5.12. The summed E-state index contributed by atoms with van der Waals surface area (Å²) in [6.07, 6.45) is 9.78. The highest BCUT2D eigenvalue weighted by molar-refractivity contribution is 5.94. The van der Waals surface area contributed by atoms with Crippen molar-refractivity contribution in [3.8, 4) is 17.6 Å². The Labute approximate surface area is 272 Å². The van der Waals surface area contributed by atoms with Gasteiger partial charge in [0.15, 0.2) is 5.60 Å². The third-order valence-corrected chi connectivity index (χ3v) is 7.93. The first kappa shape index (κ1) is 40.1. The largest absolute Gasteiger partial charge is 0.481 e. The molecule has 0 radical (unpaired) electrons. The summed E-state index contributed by atoms with van der Waals surface area (Å²) in [4.78, 5) is 61.3. The fourth-order valence-corrected chi connectivity index (χ4v) is 5.25. The lowest BCUT2D eigenvalue weighted by Gasteiger charge is -2.31. The van der Waals surface area contributed by atoms with Crippen LogP contribution in [-0.4, -0.2) is 63.1 Å². The number of aliphatic hydroxyl groups is 1. The van der Waals surface area contributed by atoms with Gasteiger partial charge in [-0.15, -0.1) is 5.92 Å². The van der Waals surface area contributed by atoms with Gasteiger partial charge in [-0.3, -0.25) is 14.4 Å². The normalized spacial score (nSPS) is 13.4. The molecular formula is C35H52N2O9. The van der Waals surface area contributed by atoms with E-state index in [0.29, 0.717) is 37.0 Å². The van der Waals surface area contributed by atoms with Crippen LogP contribution in [0.15, 0.2) is 24.3 Å². The molecule has 0 aliphatic rings. The Kier molecular flexibility index (Phi) is 19.7. The SMILES string of the molecule is CC#CCOc1ccc(C[C@H](NC(=O)[C@@H](CCCCCCCCC(=O)CCCCCCC)[C@@](O)(CC(N)=O)C(=O)O)C(=O)O)cc1. The van der Waals surface area contributed by atoms with Crippen LogP contribution in [0.2, 0.25) is 0 Å². The maximum atomic E-state index is 13.4. The molecular weight excluding hydrogens is 592 g/mol. The average Bonchev–Trinajstić information content (AvgIpc) is 3.00. The number of benzene rings is 1. The topological polar surface area (TPSA) is 193 Å². The molecule has 0 saturated carbocycles. The Morgan fingerprint density at radius 3 is 1.98 bits per heavy atom. The molecule has 0 aliphatic heterocycles. The number of ketones is 1. The molecule has 0 heterocycles. The van der Waals surface area contributed by atoms with Crippen LogP contribution in [-0.2, 0) is 30.4 Å². The Morgan fingerprint density at radius 1 is 0.891 bits per heavy atom. The maximum absolute atomic E-state index is 13.4. The van der Waals surface area contributed by atoms with E-state index >= 15 is 0 Å². The van der Waals surface area contributed by atoms with Gasteiger partial charge in [0.25, 0.3) is 0 Å². The fourth-order valence-electron chi connectivity index (χ4n) is 5.25. The summed E-state index contributed by atoms with van der Waals surface area (Å²) in [5.41, 5.74) is 2.97. The molecule has 1 rings (SSSR count). The third kappa shape index (κ3) is 15.9. The number of ether oxygens (including phenoxy) is 1. The Hall–Kier alpha value is -3.91. The van der Waals surface area contributed by atoms with Crippen LogP contribution in [0.25, 0.3) is 0 Å². The van der Waals surface area contributed by atoms with E-state index < -0.39 is 47.7 Å². The van der Waals surface area contributed by atoms with Crippen LogP contribution in [0, 0.1) is 17.8 Å². The van der Waals surface area contributed by atoms with Gasteiger partial charge < -0.3 is 31.1 Å². The minimum atomic E-state index is -2.81. The predicted molar refractivity (Wildman–Crippen MR) is 174 cm³/mol. The van der Waals surface area contributed by atoms with Crippen molar-refractivity contribution >= 4 is 29.5 Å². The molecule has 0 unspecified atom stereocenters. The summed E-state index contributed by atoms with van der Waals surface area (Å²) < 4.78 is 5.45. The number of primary amides is 1. The van der Waals surface area contributed by atoms with Crippen molar-refractivity contribution in [2.24, 2.45) is 11.7 Å². The molecule has 0 fully saturated rings. The van der Waals surface area contributed by atoms with Gasteiger partial charge in [-0.1, -0.05) is 82.8 Å². The van der Waals surface area contributed by atoms with Crippen molar-refractivity contribution in [2.75, 3.05) is 6.61 Å². The van der Waals surface area contributed by atoms with Crippen LogP contribution < -0.4 is 15.8 Å². The molecule has 0 aliphatic carbocycles. The van der Waals surface area contributed by atoms with Crippen LogP contribution in [0.3, 0.4) is 0 Å². The van der Waals surface area contributed by atoms with Crippen molar-refractivity contribution in [1.29, 1.82) is 0 Å². The molecule has 0 bridgehead atoms. The van der Waals surface area contributed by atoms with Gasteiger partial charge in [-0.25, -0.2) is 9.59 Å². The number of carboxylic acid groups (broad SMARTS) is 2. The summed E-state index contributed by atoms with van der Waals surface area (Å²) in [6.45, 7) is 4.04. The zero-order valence-electron chi connectivity index (χ0n) is 27.4. The molecule has 0 saturated heterocycles. The molecule has 1 aromatic carbocycles. The second-order valence-corrected chi connectivity index (χ2v) is 11.8. The van der Waals surface area contributed by atoms with Crippen molar-refractivity contribution in [1.82, 2.24) is 5.32 Å². The molecule has 6 N–H and O–H groups in total. The van der Waals surface area contributed by atoms with E-state index in [1.165, 1.54) is 19.3 Å². The molecule has 0 aromatic heterocycles. The summed E-state index contributed by atoms with van der Waals surface area (Å²) in [5.74, 6) is -0.580. The van der Waals surface area contributed by atoms with E-state index in [0.717, 1.165) is 38.5 Å². The van der Waals surface area contributed by atoms with Crippen molar-refractivity contribution in [3.05, 3.63) is 29.8 Å². The fraction of sp³-hybridized carbons (Fsp3) is 0.629. The van der Waals surface area contributed by atoms with Crippen LogP contribution in [0.5, 0.6) is 5.75 Å². The number of Topliss-reactive ketones (excluding diaryl/α,β-unsaturated/α-hetero) is 1. The highest BCUT2D eigenvalue weighted by Gasteiger charge is 2.49. The van der Waals surface area contributed by atoms with Crippen LogP contribution >= 0.6 is 0 Å². The number of nitrogens with one attached hydrogen (secondary N) is 1. The average molecular weight is 645 g/mol.